The number of hydrogen-bond donors (Lipinski definition) is 1. The second-order valence-electron chi connectivity index (χ2n) is 10.3. The second kappa shape index (κ2) is 11.7. The summed E-state index contributed by atoms with van der Waals surface area (Å²) in [6, 6.07) is 13.3. The van der Waals surface area contributed by atoms with Crippen molar-refractivity contribution in [3.63, 3.8) is 0 Å². The average Bonchev–Trinajstić information content (AvgIpc) is 3.34. The number of esters is 1. The molecule has 0 aliphatic heterocycles. The second-order valence-corrected chi connectivity index (χ2v) is 11.1. The van der Waals surface area contributed by atoms with Gasteiger partial charge < -0.3 is 18.5 Å². The first-order valence-corrected chi connectivity index (χ1v) is 13.8. The third-order valence-corrected chi connectivity index (χ3v) is 6.79. The van der Waals surface area contributed by atoms with E-state index in [1.54, 1.807) is 13.0 Å². The van der Waals surface area contributed by atoms with Gasteiger partial charge in [-0.2, -0.15) is 0 Å². The number of anilines is 1. The Kier molecular flexibility index (Phi) is 8.49. The lowest BCUT2D eigenvalue weighted by molar-refractivity contribution is 0.0512. The zero-order valence-electron chi connectivity index (χ0n) is 23.2. The number of nitrogens with zero attached hydrogens (tertiary/aromatic N) is 2. The Hall–Kier alpha value is -3.59. The first kappa shape index (κ1) is 28.4. The Balaban J connectivity index is 1.71. The topological polar surface area (TPSA) is 95.6 Å². The highest BCUT2D eigenvalue weighted by Crippen LogP contribution is 2.41. The van der Waals surface area contributed by atoms with Crippen LogP contribution < -0.4 is 5.32 Å². The van der Waals surface area contributed by atoms with Crippen LogP contribution in [0, 0.1) is 6.92 Å². The fourth-order valence-electron chi connectivity index (χ4n) is 4.45. The number of halogens is 1. The van der Waals surface area contributed by atoms with E-state index in [4.69, 9.17) is 13.9 Å². The number of para-hydroxylation sites is 1. The lowest BCUT2D eigenvalue weighted by Gasteiger charge is -2.20. The van der Waals surface area contributed by atoms with Gasteiger partial charge in [-0.3, -0.25) is 5.32 Å². The number of nitrogens with one attached hydrogen (secondary N) is 1. The molecule has 39 heavy (non-hydrogen) atoms. The normalized spacial score (nSPS) is 11.6. The summed E-state index contributed by atoms with van der Waals surface area (Å²) in [5.74, 6) is 1.07. The van der Waals surface area contributed by atoms with Gasteiger partial charge in [0.25, 0.3) is 0 Å². The zero-order valence-corrected chi connectivity index (χ0v) is 24.8. The van der Waals surface area contributed by atoms with Crippen molar-refractivity contribution in [2.45, 2.75) is 66.5 Å². The predicted molar refractivity (Wildman–Crippen MR) is 155 cm³/mol. The molecule has 4 rings (SSSR count). The predicted octanol–water partition coefficient (Wildman–Crippen LogP) is 7.89. The Morgan fingerprint density at radius 3 is 2.56 bits per heavy atom. The van der Waals surface area contributed by atoms with Crippen molar-refractivity contribution in [3.05, 3.63) is 69.7 Å². The average molecular weight is 597 g/mol. The molecule has 1 amide bonds. The van der Waals surface area contributed by atoms with Crippen LogP contribution >= 0.6 is 15.9 Å². The number of furan rings is 1. The van der Waals surface area contributed by atoms with Gasteiger partial charge in [0.05, 0.1) is 22.5 Å². The molecule has 2 heterocycles. The molecule has 0 spiro atoms. The molecule has 0 unspecified atom stereocenters. The van der Waals surface area contributed by atoms with E-state index in [2.05, 4.69) is 33.2 Å². The van der Waals surface area contributed by atoms with Crippen molar-refractivity contribution in [2.75, 3.05) is 11.9 Å². The molecular weight excluding hydrogens is 562 g/mol. The van der Waals surface area contributed by atoms with E-state index in [9.17, 15) is 9.59 Å². The summed E-state index contributed by atoms with van der Waals surface area (Å²) in [5, 5.41) is 3.71. The number of aryl methyl sites for hydroxylation is 2. The molecule has 206 valence electrons. The highest BCUT2D eigenvalue weighted by atomic mass is 79.9. The number of carbonyl (C=O) groups excluding carboxylic acids is 2. The summed E-state index contributed by atoms with van der Waals surface area (Å²) in [6.07, 6.45) is 1.12. The molecule has 0 fully saturated rings. The molecule has 0 aliphatic carbocycles. The molecule has 2 aromatic heterocycles. The summed E-state index contributed by atoms with van der Waals surface area (Å²) in [5.41, 5.74) is 3.49. The number of hydrogen-bond acceptors (Lipinski definition) is 6. The lowest BCUT2D eigenvalue weighted by atomic mass is 10.1. The molecule has 1 N–H and O–H groups in total. The van der Waals surface area contributed by atoms with Crippen molar-refractivity contribution >= 4 is 44.6 Å². The fourth-order valence-corrected chi connectivity index (χ4v) is 5.05. The zero-order chi connectivity index (χ0) is 28.3. The number of ether oxygens (including phenoxy) is 2. The SMILES string of the molecule is CCCc1nc(C)c(C(=O)OCC)n1Cc1ccc2oc(-c3ccccc3NC(=O)OC(C)(C)C)c(Br)c2c1. The maximum atomic E-state index is 12.8. The van der Waals surface area contributed by atoms with E-state index in [1.807, 2.05) is 68.7 Å². The minimum Gasteiger partial charge on any atom is -0.461 e. The van der Waals surface area contributed by atoms with Crippen molar-refractivity contribution in [1.82, 2.24) is 9.55 Å². The smallest absolute Gasteiger partial charge is 0.412 e. The molecule has 0 atom stereocenters. The van der Waals surface area contributed by atoms with Crippen LogP contribution in [0.15, 0.2) is 51.4 Å². The van der Waals surface area contributed by atoms with Crippen LogP contribution in [-0.4, -0.2) is 33.8 Å². The van der Waals surface area contributed by atoms with Crippen LogP contribution in [0.2, 0.25) is 0 Å². The van der Waals surface area contributed by atoms with Gasteiger partial charge in [0.1, 0.15) is 17.0 Å². The van der Waals surface area contributed by atoms with E-state index in [0.717, 1.165) is 34.1 Å². The summed E-state index contributed by atoms with van der Waals surface area (Å²) in [4.78, 5) is 29.9. The van der Waals surface area contributed by atoms with Crippen LogP contribution in [0.25, 0.3) is 22.3 Å². The molecule has 0 radical (unpaired) electrons. The maximum Gasteiger partial charge on any atom is 0.412 e. The molecule has 9 heteroatoms. The lowest BCUT2D eigenvalue weighted by Crippen LogP contribution is -2.27. The van der Waals surface area contributed by atoms with E-state index in [1.165, 1.54) is 0 Å². The van der Waals surface area contributed by atoms with E-state index in [-0.39, 0.29) is 5.97 Å². The largest absolute Gasteiger partial charge is 0.461 e. The van der Waals surface area contributed by atoms with Crippen LogP contribution in [0.4, 0.5) is 10.5 Å². The molecule has 2 aromatic carbocycles. The van der Waals surface area contributed by atoms with Crippen LogP contribution in [0.1, 0.15) is 68.6 Å². The summed E-state index contributed by atoms with van der Waals surface area (Å²) < 4.78 is 19.7. The Morgan fingerprint density at radius 1 is 1.13 bits per heavy atom. The first-order chi connectivity index (χ1) is 18.5. The highest BCUT2D eigenvalue weighted by molar-refractivity contribution is 9.10. The Bertz CT molecular complexity index is 1510. The number of amides is 1. The molecule has 4 aromatic rings. The summed E-state index contributed by atoms with van der Waals surface area (Å²) in [7, 11) is 0. The van der Waals surface area contributed by atoms with Crippen molar-refractivity contribution in [1.29, 1.82) is 0 Å². The minimum atomic E-state index is -0.618. The van der Waals surface area contributed by atoms with Crippen LogP contribution in [0.3, 0.4) is 0 Å². The van der Waals surface area contributed by atoms with Crippen LogP contribution in [-0.2, 0) is 22.4 Å². The van der Waals surface area contributed by atoms with Gasteiger partial charge in [0.2, 0.25) is 0 Å². The van der Waals surface area contributed by atoms with Gasteiger partial charge in [-0.1, -0.05) is 25.1 Å². The van der Waals surface area contributed by atoms with E-state index in [0.29, 0.717) is 47.1 Å². The number of rotatable bonds is 8. The van der Waals surface area contributed by atoms with Gasteiger partial charge in [-0.05, 0) is 86.8 Å². The van der Waals surface area contributed by atoms with Gasteiger partial charge in [-0.15, -0.1) is 0 Å². The quantitative estimate of drug-likeness (QED) is 0.208. The molecule has 0 saturated heterocycles. The third-order valence-electron chi connectivity index (χ3n) is 6.00. The fraction of sp³-hybridized carbons (Fsp3) is 0.367. The molecule has 0 saturated carbocycles. The molecule has 0 aliphatic rings. The van der Waals surface area contributed by atoms with Crippen molar-refractivity contribution < 1.29 is 23.5 Å². The number of fused-ring (bicyclic) bond motifs is 1. The van der Waals surface area contributed by atoms with Gasteiger partial charge in [-0.25, -0.2) is 14.6 Å². The summed E-state index contributed by atoms with van der Waals surface area (Å²) in [6.45, 7) is 11.9. The van der Waals surface area contributed by atoms with Crippen molar-refractivity contribution in [2.24, 2.45) is 0 Å². The number of imidazole rings is 1. The van der Waals surface area contributed by atoms with Gasteiger partial charge >= 0.3 is 12.1 Å². The summed E-state index contributed by atoms with van der Waals surface area (Å²) >= 11 is 3.73. The standard InChI is InChI=1S/C30H34BrN3O5/c1-7-11-24-32-18(3)26(28(35)37-8-2)34(24)17-19-14-15-23-21(16-19)25(31)27(38-23)20-12-9-10-13-22(20)33-29(36)39-30(4,5)6/h9-10,12-16H,7-8,11,17H2,1-6H3,(H,33,36). The van der Waals surface area contributed by atoms with E-state index >= 15 is 0 Å². The highest BCUT2D eigenvalue weighted by Gasteiger charge is 2.23. The molecule has 0 bridgehead atoms. The van der Waals surface area contributed by atoms with Crippen molar-refractivity contribution in [3.8, 4) is 11.3 Å². The monoisotopic (exact) mass is 595 g/mol. The Morgan fingerprint density at radius 2 is 1.87 bits per heavy atom. The number of aromatic nitrogens is 2. The Labute approximate surface area is 236 Å². The number of carbonyl (C=O) groups is 2. The van der Waals surface area contributed by atoms with Gasteiger partial charge in [0.15, 0.2) is 11.5 Å². The first-order valence-electron chi connectivity index (χ1n) is 13.1. The molecular formula is C30H34BrN3O5. The molecule has 8 nitrogen and oxygen atoms in total. The minimum absolute atomic E-state index is 0.299. The maximum absolute atomic E-state index is 12.8. The van der Waals surface area contributed by atoms with E-state index < -0.39 is 11.7 Å². The third kappa shape index (κ3) is 6.36. The number of benzene rings is 2. The van der Waals surface area contributed by atoms with Crippen LogP contribution in [0.5, 0.6) is 0 Å². The van der Waals surface area contributed by atoms with Gasteiger partial charge in [0, 0.05) is 23.9 Å².